The van der Waals surface area contributed by atoms with Gasteiger partial charge < -0.3 is 0 Å². The first-order valence-electron chi connectivity index (χ1n) is 3.64. The van der Waals surface area contributed by atoms with E-state index in [1.165, 1.54) is 6.08 Å². The van der Waals surface area contributed by atoms with E-state index in [2.05, 4.69) is 6.58 Å². The van der Waals surface area contributed by atoms with Crippen LogP contribution in [0.25, 0.3) is 0 Å². The SMILES string of the molecule is C=CCC([C]=O)C(=O)CCC#N. The molecule has 0 aliphatic heterocycles. The molecule has 0 bridgehead atoms. The number of hydrogen-bond acceptors (Lipinski definition) is 3. The van der Waals surface area contributed by atoms with Gasteiger partial charge in [-0.1, -0.05) is 6.08 Å². The summed E-state index contributed by atoms with van der Waals surface area (Å²) in [5, 5.41) is 8.18. The summed E-state index contributed by atoms with van der Waals surface area (Å²) in [6, 6.07) is 1.84. The number of carbonyl (C=O) groups is 1. The minimum Gasteiger partial charge on any atom is -0.299 e. The topological polar surface area (TPSA) is 57.9 Å². The number of nitrogens with zero attached hydrogens (tertiary/aromatic N) is 1. The Labute approximate surface area is 71.7 Å². The smallest absolute Gasteiger partial charge is 0.209 e. The molecule has 1 radical (unpaired) electrons. The van der Waals surface area contributed by atoms with Crippen LogP contribution in [0.5, 0.6) is 0 Å². The second-order valence-corrected chi connectivity index (χ2v) is 2.32. The average Bonchev–Trinajstić information content (AvgIpc) is 2.10. The van der Waals surface area contributed by atoms with Crippen LogP contribution < -0.4 is 0 Å². The van der Waals surface area contributed by atoms with Crippen molar-refractivity contribution < 1.29 is 9.59 Å². The second-order valence-electron chi connectivity index (χ2n) is 2.32. The second kappa shape index (κ2) is 6.29. The number of rotatable bonds is 6. The van der Waals surface area contributed by atoms with Crippen molar-refractivity contribution in [1.29, 1.82) is 5.26 Å². The Balaban J connectivity index is 3.95. The van der Waals surface area contributed by atoms with Crippen LogP contribution in [-0.2, 0) is 9.59 Å². The summed E-state index contributed by atoms with van der Waals surface area (Å²) in [5.41, 5.74) is 0. The van der Waals surface area contributed by atoms with Gasteiger partial charge in [0.1, 0.15) is 5.78 Å². The molecule has 0 aromatic carbocycles. The molecule has 3 heteroatoms. The van der Waals surface area contributed by atoms with Crippen LogP contribution in [0.15, 0.2) is 12.7 Å². The van der Waals surface area contributed by atoms with Gasteiger partial charge in [0, 0.05) is 12.8 Å². The van der Waals surface area contributed by atoms with Crippen LogP contribution in [0.2, 0.25) is 0 Å². The van der Waals surface area contributed by atoms with Crippen LogP contribution >= 0.6 is 0 Å². The summed E-state index contributed by atoms with van der Waals surface area (Å²) in [7, 11) is 0. The van der Waals surface area contributed by atoms with Gasteiger partial charge >= 0.3 is 0 Å². The zero-order valence-electron chi connectivity index (χ0n) is 6.75. The van der Waals surface area contributed by atoms with E-state index in [4.69, 9.17) is 5.26 Å². The molecule has 0 aromatic heterocycles. The Morgan fingerprint density at radius 3 is 2.75 bits per heavy atom. The van der Waals surface area contributed by atoms with Gasteiger partial charge in [0.05, 0.1) is 12.0 Å². The number of hydrogen-bond donors (Lipinski definition) is 0. The molecule has 0 rings (SSSR count). The summed E-state index contributed by atoms with van der Waals surface area (Å²) in [5.74, 6) is -0.956. The largest absolute Gasteiger partial charge is 0.299 e. The molecule has 0 spiro atoms. The van der Waals surface area contributed by atoms with Gasteiger partial charge in [0.15, 0.2) is 0 Å². The van der Waals surface area contributed by atoms with E-state index in [1.807, 2.05) is 6.07 Å². The first-order chi connectivity index (χ1) is 5.76. The summed E-state index contributed by atoms with van der Waals surface area (Å²) in [4.78, 5) is 21.3. The number of nitriles is 1. The predicted molar refractivity (Wildman–Crippen MR) is 43.9 cm³/mol. The Bertz CT molecular complexity index is 215. The predicted octanol–water partition coefficient (Wildman–Crippen LogP) is 1.16. The molecular formula is C9H10NO2. The Kier molecular flexibility index (Phi) is 5.54. The third-order valence-corrected chi connectivity index (χ3v) is 1.42. The van der Waals surface area contributed by atoms with Gasteiger partial charge in [0.2, 0.25) is 6.29 Å². The highest BCUT2D eigenvalue weighted by Crippen LogP contribution is 2.06. The van der Waals surface area contributed by atoms with Crippen LogP contribution in [0.3, 0.4) is 0 Å². The zero-order chi connectivity index (χ0) is 9.40. The minimum absolute atomic E-state index is 0.129. The lowest BCUT2D eigenvalue weighted by Gasteiger charge is -2.02. The van der Waals surface area contributed by atoms with Crippen molar-refractivity contribution in [2.45, 2.75) is 19.3 Å². The third-order valence-electron chi connectivity index (χ3n) is 1.42. The van der Waals surface area contributed by atoms with Gasteiger partial charge in [-0.25, -0.2) is 0 Å². The number of allylic oxidation sites excluding steroid dienone is 1. The van der Waals surface area contributed by atoms with E-state index in [0.717, 1.165) is 0 Å². The zero-order valence-corrected chi connectivity index (χ0v) is 6.75. The molecule has 0 heterocycles. The highest BCUT2D eigenvalue weighted by atomic mass is 16.1. The van der Waals surface area contributed by atoms with Crippen molar-refractivity contribution in [3.05, 3.63) is 12.7 Å². The van der Waals surface area contributed by atoms with Crippen molar-refractivity contribution in [2.75, 3.05) is 0 Å². The normalized spacial score (nSPS) is 11.2. The number of carbonyl (C=O) groups excluding carboxylic acids is 2. The van der Waals surface area contributed by atoms with Crippen molar-refractivity contribution in [3.8, 4) is 6.07 Å². The first kappa shape index (κ1) is 10.6. The summed E-state index contributed by atoms with van der Waals surface area (Å²) in [6.07, 6.45) is 3.73. The lowest BCUT2D eigenvalue weighted by Crippen LogP contribution is -2.14. The molecule has 0 N–H and O–H groups in total. The van der Waals surface area contributed by atoms with Crippen LogP contribution in [0.1, 0.15) is 19.3 Å². The minimum atomic E-state index is -0.726. The number of Topliss-reactive ketones (excluding diaryl/α,β-unsaturated/α-hetero) is 1. The molecule has 0 aliphatic carbocycles. The molecular weight excluding hydrogens is 154 g/mol. The lowest BCUT2D eigenvalue weighted by molar-refractivity contribution is -0.120. The molecule has 12 heavy (non-hydrogen) atoms. The van der Waals surface area contributed by atoms with Crippen molar-refractivity contribution in [1.82, 2.24) is 0 Å². The fraction of sp³-hybridized carbons (Fsp3) is 0.444. The molecule has 0 fully saturated rings. The Morgan fingerprint density at radius 2 is 2.33 bits per heavy atom. The third kappa shape index (κ3) is 3.67. The summed E-state index contributed by atoms with van der Waals surface area (Å²) >= 11 is 0. The van der Waals surface area contributed by atoms with E-state index in [-0.39, 0.29) is 18.6 Å². The molecule has 0 aliphatic rings. The Morgan fingerprint density at radius 1 is 1.67 bits per heavy atom. The molecule has 0 saturated carbocycles. The molecule has 3 nitrogen and oxygen atoms in total. The first-order valence-corrected chi connectivity index (χ1v) is 3.64. The molecule has 0 saturated heterocycles. The Hall–Kier alpha value is -1.43. The van der Waals surface area contributed by atoms with Crippen LogP contribution in [0.4, 0.5) is 0 Å². The molecule has 1 unspecified atom stereocenters. The maximum Gasteiger partial charge on any atom is 0.209 e. The van der Waals surface area contributed by atoms with E-state index < -0.39 is 5.92 Å². The van der Waals surface area contributed by atoms with Crippen LogP contribution in [-0.4, -0.2) is 12.1 Å². The molecule has 0 amide bonds. The lowest BCUT2D eigenvalue weighted by atomic mass is 9.99. The van der Waals surface area contributed by atoms with E-state index in [9.17, 15) is 9.59 Å². The van der Waals surface area contributed by atoms with Gasteiger partial charge in [-0.3, -0.25) is 9.59 Å². The van der Waals surface area contributed by atoms with Crippen molar-refractivity contribution in [2.24, 2.45) is 5.92 Å². The van der Waals surface area contributed by atoms with Gasteiger partial charge in [-0.2, -0.15) is 5.26 Å². The monoisotopic (exact) mass is 164 g/mol. The van der Waals surface area contributed by atoms with E-state index >= 15 is 0 Å². The van der Waals surface area contributed by atoms with Gasteiger partial charge in [-0.05, 0) is 6.42 Å². The highest BCUT2D eigenvalue weighted by molar-refractivity contribution is 5.93. The van der Waals surface area contributed by atoms with Gasteiger partial charge in [0.25, 0.3) is 0 Å². The van der Waals surface area contributed by atoms with E-state index in [0.29, 0.717) is 6.42 Å². The van der Waals surface area contributed by atoms with Crippen molar-refractivity contribution >= 4 is 12.1 Å². The fourth-order valence-corrected chi connectivity index (χ4v) is 0.765. The van der Waals surface area contributed by atoms with Gasteiger partial charge in [-0.15, -0.1) is 6.58 Å². The quantitative estimate of drug-likeness (QED) is 0.437. The summed E-state index contributed by atoms with van der Waals surface area (Å²) < 4.78 is 0. The number of ketones is 1. The molecule has 1 atom stereocenters. The molecule has 63 valence electrons. The maximum atomic E-state index is 11.1. The molecule has 0 aromatic rings. The highest BCUT2D eigenvalue weighted by Gasteiger charge is 2.15. The van der Waals surface area contributed by atoms with E-state index in [1.54, 1.807) is 6.29 Å². The van der Waals surface area contributed by atoms with Crippen molar-refractivity contribution in [3.63, 3.8) is 0 Å². The summed E-state index contributed by atoms with van der Waals surface area (Å²) in [6.45, 7) is 3.41. The maximum absolute atomic E-state index is 11.1. The average molecular weight is 164 g/mol. The standard InChI is InChI=1S/C9H10NO2/c1-2-4-8(7-11)9(12)5-3-6-10/h2,8H,1,3-5H2. The van der Waals surface area contributed by atoms with Crippen LogP contribution in [0, 0.1) is 17.2 Å². The fourth-order valence-electron chi connectivity index (χ4n) is 0.765.